The lowest BCUT2D eigenvalue weighted by molar-refractivity contribution is 0.821. The molecule has 0 amide bonds. The highest BCUT2D eigenvalue weighted by Gasteiger charge is 2.23. The van der Waals surface area contributed by atoms with Gasteiger partial charge in [-0.3, -0.25) is 4.79 Å². The van der Waals surface area contributed by atoms with Gasteiger partial charge in [0, 0.05) is 10.9 Å². The summed E-state index contributed by atoms with van der Waals surface area (Å²) in [5.41, 5.74) is 3.04. The molecular formula is C19H15BrN4O. The number of aliphatic imine (C=N–C) groups is 1. The Kier molecular flexibility index (Phi) is 4.19. The van der Waals surface area contributed by atoms with Crippen molar-refractivity contribution in [1.29, 1.82) is 0 Å². The maximum Gasteiger partial charge on any atom is 0.278 e. The number of halogens is 1. The number of nitrogens with zero attached hydrogens (tertiary/aromatic N) is 2. The molecule has 3 aromatic rings. The molecule has 0 aliphatic carbocycles. The zero-order valence-electron chi connectivity index (χ0n) is 13.2. The van der Waals surface area contributed by atoms with Gasteiger partial charge >= 0.3 is 0 Å². The van der Waals surface area contributed by atoms with Crippen molar-refractivity contribution in [2.24, 2.45) is 4.99 Å². The van der Waals surface area contributed by atoms with Crippen LogP contribution in [0.5, 0.6) is 0 Å². The van der Waals surface area contributed by atoms with Gasteiger partial charge in [-0.05, 0) is 23.3 Å². The van der Waals surface area contributed by atoms with Crippen LogP contribution in [0.2, 0.25) is 0 Å². The van der Waals surface area contributed by atoms with Gasteiger partial charge in [0.25, 0.3) is 5.56 Å². The minimum Gasteiger partial charge on any atom is -0.361 e. The topological polar surface area (TPSA) is 70.1 Å². The molecule has 4 rings (SSSR count). The lowest BCUT2D eigenvalue weighted by Gasteiger charge is -2.18. The lowest BCUT2D eigenvalue weighted by atomic mass is 9.97. The van der Waals surface area contributed by atoms with Crippen LogP contribution in [0.25, 0.3) is 0 Å². The van der Waals surface area contributed by atoms with Gasteiger partial charge in [-0.1, -0.05) is 58.4 Å². The average molecular weight is 395 g/mol. The second-order valence-corrected chi connectivity index (χ2v) is 6.72. The van der Waals surface area contributed by atoms with E-state index in [2.05, 4.69) is 48.3 Å². The Morgan fingerprint density at radius 1 is 1.04 bits per heavy atom. The minimum absolute atomic E-state index is 0.0147. The van der Waals surface area contributed by atoms with Crippen molar-refractivity contribution in [1.82, 2.24) is 9.97 Å². The summed E-state index contributed by atoms with van der Waals surface area (Å²) >= 11 is 3.45. The molecule has 0 saturated heterocycles. The maximum absolute atomic E-state index is 12.2. The molecule has 1 aliphatic rings. The predicted octanol–water partition coefficient (Wildman–Crippen LogP) is 4.21. The number of fused-ring (bicyclic) bond motifs is 1. The van der Waals surface area contributed by atoms with Gasteiger partial charge in [0.15, 0.2) is 11.5 Å². The van der Waals surface area contributed by atoms with Crippen molar-refractivity contribution in [2.75, 3.05) is 5.32 Å². The lowest BCUT2D eigenvalue weighted by Crippen LogP contribution is -2.15. The van der Waals surface area contributed by atoms with Crippen LogP contribution in [0.4, 0.5) is 11.5 Å². The molecule has 0 spiro atoms. The number of aromatic amines is 1. The second-order valence-electron chi connectivity index (χ2n) is 5.81. The van der Waals surface area contributed by atoms with E-state index in [-0.39, 0.29) is 11.6 Å². The van der Waals surface area contributed by atoms with E-state index in [1.54, 1.807) is 0 Å². The van der Waals surface area contributed by atoms with Gasteiger partial charge < -0.3 is 10.3 Å². The summed E-state index contributed by atoms with van der Waals surface area (Å²) in [6.45, 7) is 0. The third-order valence-electron chi connectivity index (χ3n) is 4.16. The summed E-state index contributed by atoms with van der Waals surface area (Å²) in [6.07, 6.45) is 2.05. The standard InChI is InChI=1S/C19H15BrN4O/c20-14-8-6-13(7-9-14)15-10-16(12-4-2-1-3-5-12)24-18-17(23-15)19(25)22-11-21-18/h1-9,11,16H,10H2,(H2,21,22,24,25). The van der Waals surface area contributed by atoms with Gasteiger partial charge in [0.05, 0.1) is 18.1 Å². The molecule has 2 aromatic carbocycles. The predicted molar refractivity (Wildman–Crippen MR) is 103 cm³/mol. The van der Waals surface area contributed by atoms with Crippen LogP contribution in [-0.4, -0.2) is 15.7 Å². The first-order chi connectivity index (χ1) is 12.2. The summed E-state index contributed by atoms with van der Waals surface area (Å²) in [5, 5.41) is 3.37. The van der Waals surface area contributed by atoms with Gasteiger partial charge in [-0.2, -0.15) is 0 Å². The van der Waals surface area contributed by atoms with Crippen LogP contribution in [-0.2, 0) is 0 Å². The van der Waals surface area contributed by atoms with E-state index in [0.717, 1.165) is 21.3 Å². The Balaban J connectivity index is 1.85. The van der Waals surface area contributed by atoms with Gasteiger partial charge in [0.2, 0.25) is 0 Å². The fraction of sp³-hybridized carbons (Fsp3) is 0.105. The first-order valence-electron chi connectivity index (χ1n) is 7.93. The highest BCUT2D eigenvalue weighted by molar-refractivity contribution is 9.10. The Bertz CT molecular complexity index is 980. The number of anilines is 1. The quantitative estimate of drug-likeness (QED) is 0.683. The van der Waals surface area contributed by atoms with E-state index in [1.807, 2.05) is 42.5 Å². The number of hydrogen-bond acceptors (Lipinski definition) is 4. The van der Waals surface area contributed by atoms with Crippen molar-refractivity contribution in [3.05, 3.63) is 86.9 Å². The van der Waals surface area contributed by atoms with Gasteiger partial charge in [-0.15, -0.1) is 0 Å². The van der Waals surface area contributed by atoms with E-state index >= 15 is 0 Å². The fourth-order valence-electron chi connectivity index (χ4n) is 2.90. The van der Waals surface area contributed by atoms with E-state index < -0.39 is 0 Å². The summed E-state index contributed by atoms with van der Waals surface area (Å²) in [6, 6.07) is 18.1. The average Bonchev–Trinajstić information content (AvgIpc) is 2.84. The maximum atomic E-state index is 12.2. The summed E-state index contributed by atoms with van der Waals surface area (Å²) in [5.74, 6) is 0.504. The van der Waals surface area contributed by atoms with Gasteiger partial charge in [-0.25, -0.2) is 9.98 Å². The van der Waals surface area contributed by atoms with Crippen molar-refractivity contribution in [3.63, 3.8) is 0 Å². The molecule has 0 fully saturated rings. The Hall–Kier alpha value is -2.73. The Labute approximate surface area is 153 Å². The van der Waals surface area contributed by atoms with Crippen molar-refractivity contribution >= 4 is 33.1 Å². The van der Waals surface area contributed by atoms with Crippen LogP contribution in [0.15, 0.2) is 75.2 Å². The summed E-state index contributed by atoms with van der Waals surface area (Å²) in [4.78, 5) is 23.8. The number of aromatic nitrogens is 2. The molecule has 0 bridgehead atoms. The molecule has 25 heavy (non-hydrogen) atoms. The molecule has 2 N–H and O–H groups in total. The molecule has 0 radical (unpaired) electrons. The first kappa shape index (κ1) is 15.8. The van der Waals surface area contributed by atoms with Gasteiger partial charge in [0.1, 0.15) is 0 Å². The van der Waals surface area contributed by atoms with Crippen LogP contribution in [0.3, 0.4) is 0 Å². The highest BCUT2D eigenvalue weighted by Crippen LogP contribution is 2.31. The monoisotopic (exact) mass is 394 g/mol. The minimum atomic E-state index is -0.249. The molecule has 6 heteroatoms. The fourth-order valence-corrected chi connectivity index (χ4v) is 3.17. The molecule has 1 aliphatic heterocycles. The van der Waals surface area contributed by atoms with E-state index in [1.165, 1.54) is 6.33 Å². The zero-order valence-corrected chi connectivity index (χ0v) is 14.8. The van der Waals surface area contributed by atoms with Crippen LogP contribution in [0.1, 0.15) is 23.6 Å². The van der Waals surface area contributed by atoms with Crippen LogP contribution < -0.4 is 10.9 Å². The smallest absolute Gasteiger partial charge is 0.278 e. The molecule has 1 unspecified atom stereocenters. The number of hydrogen-bond donors (Lipinski definition) is 2. The molecule has 1 atom stereocenters. The van der Waals surface area contributed by atoms with Crippen LogP contribution in [0, 0.1) is 0 Å². The van der Waals surface area contributed by atoms with Crippen molar-refractivity contribution < 1.29 is 0 Å². The molecule has 5 nitrogen and oxygen atoms in total. The number of nitrogens with one attached hydrogen (secondary N) is 2. The number of benzene rings is 2. The Morgan fingerprint density at radius 2 is 1.80 bits per heavy atom. The zero-order chi connectivity index (χ0) is 17.2. The normalized spacial score (nSPS) is 16.4. The largest absolute Gasteiger partial charge is 0.361 e. The van der Waals surface area contributed by atoms with Crippen molar-refractivity contribution in [2.45, 2.75) is 12.5 Å². The van der Waals surface area contributed by atoms with Crippen molar-refractivity contribution in [3.8, 4) is 0 Å². The van der Waals surface area contributed by atoms with E-state index in [4.69, 9.17) is 0 Å². The third kappa shape index (κ3) is 3.25. The van der Waals surface area contributed by atoms with E-state index in [9.17, 15) is 4.79 Å². The first-order valence-corrected chi connectivity index (χ1v) is 8.73. The molecule has 2 heterocycles. The number of H-pyrrole nitrogens is 1. The van der Waals surface area contributed by atoms with E-state index in [0.29, 0.717) is 17.9 Å². The second kappa shape index (κ2) is 6.64. The molecular weight excluding hydrogens is 380 g/mol. The number of rotatable bonds is 2. The summed E-state index contributed by atoms with van der Waals surface area (Å²) < 4.78 is 1.00. The Morgan fingerprint density at radius 3 is 2.56 bits per heavy atom. The molecule has 0 saturated carbocycles. The third-order valence-corrected chi connectivity index (χ3v) is 4.69. The van der Waals surface area contributed by atoms with Crippen LogP contribution >= 0.6 is 15.9 Å². The molecule has 1 aromatic heterocycles. The highest BCUT2D eigenvalue weighted by atomic mass is 79.9. The SMILES string of the molecule is O=c1[nH]cnc2c1N=C(c1ccc(Br)cc1)CC(c1ccccc1)N2. The molecule has 124 valence electrons. The summed E-state index contributed by atoms with van der Waals surface area (Å²) in [7, 11) is 0.